The van der Waals surface area contributed by atoms with Gasteiger partial charge in [-0.15, -0.1) is 0 Å². The van der Waals surface area contributed by atoms with Crippen molar-refractivity contribution in [2.45, 2.75) is 45.9 Å². The van der Waals surface area contributed by atoms with Gasteiger partial charge in [0.25, 0.3) is 0 Å². The van der Waals surface area contributed by atoms with Gasteiger partial charge in [-0.05, 0) is 51.3 Å². The average Bonchev–Trinajstić information content (AvgIpc) is 2.45. The number of pyridine rings is 1. The second-order valence-electron chi connectivity index (χ2n) is 6.76. The summed E-state index contributed by atoms with van der Waals surface area (Å²) in [7, 11) is 0. The third-order valence-electron chi connectivity index (χ3n) is 3.62. The van der Waals surface area contributed by atoms with E-state index in [-0.39, 0.29) is 5.69 Å². The maximum atomic E-state index is 13.0. The molecule has 4 nitrogen and oxygen atoms in total. The largest absolute Gasteiger partial charge is 0.444 e. The summed E-state index contributed by atoms with van der Waals surface area (Å²) in [6, 6.07) is 1.12. The van der Waals surface area contributed by atoms with Crippen molar-refractivity contribution in [1.82, 2.24) is 9.88 Å². The molecule has 2 heterocycles. The topological polar surface area (TPSA) is 42.4 Å². The summed E-state index contributed by atoms with van der Waals surface area (Å²) >= 11 is 0. The molecule has 2 rings (SSSR count). The van der Waals surface area contributed by atoms with Gasteiger partial charge < -0.3 is 9.64 Å². The number of rotatable bonds is 1. The molecule has 0 saturated carbocycles. The molecule has 0 radical (unpaired) electrons. The maximum absolute atomic E-state index is 13.0. The molecule has 0 unspecified atom stereocenters. The number of halogens is 3. The van der Waals surface area contributed by atoms with Crippen molar-refractivity contribution in [3.05, 3.63) is 35.2 Å². The van der Waals surface area contributed by atoms with Gasteiger partial charge in [0.05, 0.1) is 5.56 Å². The zero-order valence-electron chi connectivity index (χ0n) is 14.2. The minimum Gasteiger partial charge on any atom is -0.444 e. The molecule has 0 N–H and O–H groups in total. The van der Waals surface area contributed by atoms with Gasteiger partial charge in [-0.25, -0.2) is 4.79 Å². The van der Waals surface area contributed by atoms with Gasteiger partial charge >= 0.3 is 12.3 Å². The number of nitrogens with zero attached hydrogens (tertiary/aromatic N) is 2. The molecule has 0 saturated heterocycles. The van der Waals surface area contributed by atoms with Crippen LogP contribution >= 0.6 is 0 Å². The SMILES string of the molecule is Cc1ncc(C2=CCN(C(=O)OC(C)(C)C)CC2)cc1C(F)(F)F. The van der Waals surface area contributed by atoms with E-state index < -0.39 is 23.4 Å². The van der Waals surface area contributed by atoms with E-state index in [0.29, 0.717) is 25.1 Å². The molecule has 0 fully saturated rings. The number of carbonyl (C=O) groups is 1. The third-order valence-corrected chi connectivity index (χ3v) is 3.62. The zero-order valence-corrected chi connectivity index (χ0v) is 14.2. The van der Waals surface area contributed by atoms with Crippen molar-refractivity contribution < 1.29 is 22.7 Å². The van der Waals surface area contributed by atoms with E-state index in [4.69, 9.17) is 4.74 Å². The zero-order chi connectivity index (χ0) is 18.1. The monoisotopic (exact) mass is 342 g/mol. The summed E-state index contributed by atoms with van der Waals surface area (Å²) < 4.78 is 44.3. The van der Waals surface area contributed by atoms with Gasteiger partial charge in [0.1, 0.15) is 5.60 Å². The van der Waals surface area contributed by atoms with E-state index in [1.54, 1.807) is 26.8 Å². The molecule has 1 aliphatic rings. The molecule has 0 atom stereocenters. The lowest BCUT2D eigenvalue weighted by Crippen LogP contribution is -2.39. The second-order valence-corrected chi connectivity index (χ2v) is 6.76. The highest BCUT2D eigenvalue weighted by Crippen LogP contribution is 2.33. The molecule has 1 aliphatic heterocycles. The maximum Gasteiger partial charge on any atom is 0.418 e. The van der Waals surface area contributed by atoms with Crippen molar-refractivity contribution in [2.75, 3.05) is 13.1 Å². The Labute approximate surface area is 139 Å². The predicted octanol–water partition coefficient (Wildman–Crippen LogP) is 4.43. The summed E-state index contributed by atoms with van der Waals surface area (Å²) in [4.78, 5) is 17.4. The summed E-state index contributed by atoms with van der Waals surface area (Å²) in [6.45, 7) is 7.40. The highest BCUT2D eigenvalue weighted by molar-refractivity contribution is 5.72. The number of hydrogen-bond acceptors (Lipinski definition) is 3. The molecule has 7 heteroatoms. The van der Waals surface area contributed by atoms with E-state index >= 15 is 0 Å². The quantitative estimate of drug-likeness (QED) is 0.758. The fourth-order valence-electron chi connectivity index (χ4n) is 2.42. The predicted molar refractivity (Wildman–Crippen MR) is 84.4 cm³/mol. The third kappa shape index (κ3) is 4.49. The lowest BCUT2D eigenvalue weighted by atomic mass is 9.99. The van der Waals surface area contributed by atoms with Crippen LogP contribution in [-0.4, -0.2) is 34.7 Å². The molecular formula is C17H21F3N2O2. The minimum atomic E-state index is -4.43. The highest BCUT2D eigenvalue weighted by atomic mass is 19.4. The summed E-state index contributed by atoms with van der Waals surface area (Å²) in [5, 5.41) is 0. The van der Waals surface area contributed by atoms with Crippen LogP contribution in [0.2, 0.25) is 0 Å². The number of carbonyl (C=O) groups excluding carboxylic acids is 1. The number of aromatic nitrogens is 1. The van der Waals surface area contributed by atoms with Crippen LogP contribution in [0.15, 0.2) is 18.3 Å². The van der Waals surface area contributed by atoms with Crippen LogP contribution in [0.25, 0.3) is 5.57 Å². The number of amides is 1. The fraction of sp³-hybridized carbons (Fsp3) is 0.529. The first kappa shape index (κ1) is 18.3. The van der Waals surface area contributed by atoms with Gasteiger partial charge in [-0.1, -0.05) is 6.08 Å². The first-order valence-electron chi connectivity index (χ1n) is 7.68. The lowest BCUT2D eigenvalue weighted by molar-refractivity contribution is -0.138. The van der Waals surface area contributed by atoms with Gasteiger partial charge in [0, 0.05) is 25.0 Å². The molecule has 24 heavy (non-hydrogen) atoms. The number of ether oxygens (including phenoxy) is 1. The van der Waals surface area contributed by atoms with Crippen molar-refractivity contribution in [1.29, 1.82) is 0 Å². The molecule has 1 amide bonds. The number of alkyl halides is 3. The Morgan fingerprint density at radius 3 is 2.46 bits per heavy atom. The Kier molecular flexibility index (Phi) is 4.92. The van der Waals surface area contributed by atoms with E-state index in [1.807, 2.05) is 0 Å². The number of hydrogen-bond donors (Lipinski definition) is 0. The lowest BCUT2D eigenvalue weighted by Gasteiger charge is -2.29. The number of aryl methyl sites for hydroxylation is 1. The van der Waals surface area contributed by atoms with Crippen molar-refractivity contribution in [2.24, 2.45) is 0 Å². The minimum absolute atomic E-state index is 0.0435. The molecule has 1 aromatic rings. The summed E-state index contributed by atoms with van der Waals surface area (Å²) in [5.41, 5.74) is -0.151. The average molecular weight is 342 g/mol. The van der Waals surface area contributed by atoms with Gasteiger partial charge in [-0.2, -0.15) is 13.2 Å². The molecule has 1 aromatic heterocycles. The summed E-state index contributed by atoms with van der Waals surface area (Å²) in [6.07, 6.45) is -1.19. The standard InChI is InChI=1S/C17H21F3N2O2/c1-11-14(17(18,19)20)9-13(10-21-11)12-5-7-22(8-6-12)15(23)24-16(2,3)4/h5,9-10H,6-8H2,1-4H3. The van der Waals surface area contributed by atoms with E-state index in [2.05, 4.69) is 4.98 Å². The van der Waals surface area contributed by atoms with E-state index in [0.717, 1.165) is 11.6 Å². The molecule has 0 aliphatic carbocycles. The molecular weight excluding hydrogens is 321 g/mol. The highest BCUT2D eigenvalue weighted by Gasteiger charge is 2.33. The van der Waals surface area contributed by atoms with Crippen LogP contribution in [0.1, 0.15) is 44.0 Å². The van der Waals surface area contributed by atoms with Crippen LogP contribution in [0.3, 0.4) is 0 Å². The van der Waals surface area contributed by atoms with Gasteiger partial charge in [0.15, 0.2) is 0 Å². The Morgan fingerprint density at radius 1 is 1.29 bits per heavy atom. The van der Waals surface area contributed by atoms with Crippen LogP contribution < -0.4 is 0 Å². The Morgan fingerprint density at radius 2 is 1.96 bits per heavy atom. The molecule has 0 bridgehead atoms. The van der Waals surface area contributed by atoms with Crippen molar-refractivity contribution >= 4 is 11.7 Å². The van der Waals surface area contributed by atoms with Crippen molar-refractivity contribution in [3.63, 3.8) is 0 Å². The van der Waals surface area contributed by atoms with E-state index in [1.165, 1.54) is 18.0 Å². The van der Waals surface area contributed by atoms with Gasteiger partial charge in [-0.3, -0.25) is 4.98 Å². The molecule has 0 aromatic carbocycles. The van der Waals surface area contributed by atoms with Crippen LogP contribution in [0, 0.1) is 6.92 Å². The van der Waals surface area contributed by atoms with Crippen LogP contribution in [0.5, 0.6) is 0 Å². The Hall–Kier alpha value is -2.05. The van der Waals surface area contributed by atoms with Gasteiger partial charge in [0.2, 0.25) is 0 Å². The Bertz CT molecular complexity index is 661. The Balaban J connectivity index is 2.15. The first-order valence-corrected chi connectivity index (χ1v) is 7.68. The van der Waals surface area contributed by atoms with Crippen molar-refractivity contribution in [3.8, 4) is 0 Å². The normalized spacial score (nSPS) is 16.0. The summed E-state index contributed by atoms with van der Waals surface area (Å²) in [5.74, 6) is 0. The van der Waals surface area contributed by atoms with Crippen LogP contribution in [0.4, 0.5) is 18.0 Å². The smallest absolute Gasteiger partial charge is 0.418 e. The molecule has 132 valence electrons. The fourth-order valence-corrected chi connectivity index (χ4v) is 2.42. The van der Waals surface area contributed by atoms with Crippen LogP contribution in [-0.2, 0) is 10.9 Å². The first-order chi connectivity index (χ1) is 11.0. The molecule has 0 spiro atoms. The van der Waals surface area contributed by atoms with E-state index in [9.17, 15) is 18.0 Å². The second kappa shape index (κ2) is 6.45.